The second kappa shape index (κ2) is 8.56. The van der Waals surface area contributed by atoms with E-state index >= 15 is 0 Å². The maximum absolute atomic E-state index is 12.9. The molecule has 1 fully saturated rings. The van der Waals surface area contributed by atoms with E-state index in [0.29, 0.717) is 5.69 Å². The van der Waals surface area contributed by atoms with Crippen molar-refractivity contribution in [2.75, 3.05) is 16.8 Å². The monoisotopic (exact) mass is 419 g/mol. The Labute approximate surface area is 171 Å². The van der Waals surface area contributed by atoms with Gasteiger partial charge in [-0.2, -0.15) is 13.2 Å². The number of hydrogen-bond acceptors (Lipinski definition) is 3. The van der Waals surface area contributed by atoms with Crippen molar-refractivity contribution in [3.05, 3.63) is 59.7 Å². The summed E-state index contributed by atoms with van der Waals surface area (Å²) < 4.78 is 38.8. The highest BCUT2D eigenvalue weighted by molar-refractivity contribution is 6.00. The first-order valence-electron chi connectivity index (χ1n) is 9.25. The van der Waals surface area contributed by atoms with Gasteiger partial charge in [0.25, 0.3) is 0 Å². The van der Waals surface area contributed by atoms with Crippen LogP contribution in [-0.2, 0) is 27.1 Å². The second-order valence-corrected chi connectivity index (χ2v) is 7.05. The van der Waals surface area contributed by atoms with E-state index in [2.05, 4.69) is 10.6 Å². The Kier molecular flexibility index (Phi) is 6.09. The molecule has 1 aliphatic heterocycles. The van der Waals surface area contributed by atoms with E-state index in [1.54, 1.807) is 24.3 Å². The number of benzene rings is 2. The second-order valence-electron chi connectivity index (χ2n) is 7.05. The molecule has 1 heterocycles. The molecule has 9 heteroatoms. The van der Waals surface area contributed by atoms with Crippen LogP contribution in [0.5, 0.6) is 0 Å². The highest BCUT2D eigenvalue weighted by atomic mass is 19.4. The van der Waals surface area contributed by atoms with Gasteiger partial charge < -0.3 is 15.5 Å². The van der Waals surface area contributed by atoms with Gasteiger partial charge in [0.05, 0.1) is 11.5 Å². The van der Waals surface area contributed by atoms with Crippen LogP contribution >= 0.6 is 0 Å². The maximum Gasteiger partial charge on any atom is 0.416 e. The van der Waals surface area contributed by atoms with E-state index in [4.69, 9.17) is 0 Å². The molecule has 158 valence electrons. The van der Waals surface area contributed by atoms with Crippen LogP contribution in [0.2, 0.25) is 0 Å². The summed E-state index contributed by atoms with van der Waals surface area (Å²) in [6, 6.07) is 11.4. The van der Waals surface area contributed by atoms with E-state index in [-0.39, 0.29) is 37.0 Å². The zero-order valence-corrected chi connectivity index (χ0v) is 16.1. The van der Waals surface area contributed by atoms with Crippen molar-refractivity contribution < 1.29 is 27.6 Å². The Morgan fingerprint density at radius 3 is 2.47 bits per heavy atom. The van der Waals surface area contributed by atoms with Crippen molar-refractivity contribution >= 4 is 29.1 Å². The summed E-state index contributed by atoms with van der Waals surface area (Å²) in [5.41, 5.74) is 0.717. The Morgan fingerprint density at radius 2 is 1.83 bits per heavy atom. The minimum atomic E-state index is -4.51. The minimum Gasteiger partial charge on any atom is -0.352 e. The average Bonchev–Trinajstić information content (AvgIpc) is 3.08. The third-order valence-corrected chi connectivity index (χ3v) is 4.72. The molecule has 1 saturated heterocycles. The van der Waals surface area contributed by atoms with Crippen molar-refractivity contribution in [2.24, 2.45) is 5.92 Å². The molecule has 1 atom stereocenters. The van der Waals surface area contributed by atoms with Crippen LogP contribution in [0.25, 0.3) is 0 Å². The van der Waals surface area contributed by atoms with E-state index in [9.17, 15) is 27.6 Å². The van der Waals surface area contributed by atoms with Gasteiger partial charge in [-0.15, -0.1) is 0 Å². The summed E-state index contributed by atoms with van der Waals surface area (Å²) in [4.78, 5) is 37.0. The highest BCUT2D eigenvalue weighted by Gasteiger charge is 2.36. The molecular weight excluding hydrogens is 399 g/mol. The average molecular weight is 419 g/mol. The number of nitrogens with zero attached hydrogens (tertiary/aromatic N) is 1. The smallest absolute Gasteiger partial charge is 0.352 e. The van der Waals surface area contributed by atoms with Crippen molar-refractivity contribution in [1.82, 2.24) is 5.32 Å². The molecule has 0 radical (unpaired) electrons. The number of amides is 3. The Balaban J connectivity index is 1.59. The standard InChI is InChI=1S/C21H20F3N3O3/c1-13(28)26-17-7-5-14(6-8-17)11-25-20(30)15-9-19(29)27(12-15)18-4-2-3-16(10-18)21(22,23)24/h2-8,10,15H,9,11-12H2,1H3,(H,25,30)(H,26,28)/t15-/m1/s1. The van der Waals surface area contributed by atoms with Crippen LogP contribution in [0, 0.1) is 5.92 Å². The summed E-state index contributed by atoms with van der Waals surface area (Å²) in [5.74, 6) is -1.57. The van der Waals surface area contributed by atoms with Gasteiger partial charge in [0.1, 0.15) is 0 Å². The zero-order valence-electron chi connectivity index (χ0n) is 16.1. The van der Waals surface area contributed by atoms with Gasteiger partial charge >= 0.3 is 6.18 Å². The summed E-state index contributed by atoms with van der Waals surface area (Å²) in [6.45, 7) is 1.65. The largest absolute Gasteiger partial charge is 0.416 e. The van der Waals surface area contributed by atoms with Crippen molar-refractivity contribution in [3.8, 4) is 0 Å². The lowest BCUT2D eigenvalue weighted by Gasteiger charge is -2.18. The molecule has 3 rings (SSSR count). The highest BCUT2D eigenvalue weighted by Crippen LogP contribution is 2.33. The lowest BCUT2D eigenvalue weighted by atomic mass is 10.1. The molecule has 6 nitrogen and oxygen atoms in total. The van der Waals surface area contributed by atoms with Gasteiger partial charge in [0, 0.05) is 37.8 Å². The number of carbonyl (C=O) groups is 3. The number of anilines is 2. The van der Waals surface area contributed by atoms with Gasteiger partial charge in [0.15, 0.2) is 0 Å². The van der Waals surface area contributed by atoms with E-state index in [1.807, 2.05) is 0 Å². The predicted octanol–water partition coefficient (Wildman–Crippen LogP) is 3.33. The van der Waals surface area contributed by atoms with Crippen molar-refractivity contribution in [1.29, 1.82) is 0 Å². The SMILES string of the molecule is CC(=O)Nc1ccc(CNC(=O)[C@@H]2CC(=O)N(c3cccc(C(F)(F)F)c3)C2)cc1. The molecule has 0 saturated carbocycles. The van der Waals surface area contributed by atoms with Crippen molar-refractivity contribution in [2.45, 2.75) is 26.1 Å². The third-order valence-electron chi connectivity index (χ3n) is 4.72. The molecule has 0 spiro atoms. The normalized spacial score (nSPS) is 16.5. The summed E-state index contributed by atoms with van der Waals surface area (Å²) in [6.07, 6.45) is -4.57. The number of halogens is 3. The molecule has 30 heavy (non-hydrogen) atoms. The van der Waals surface area contributed by atoms with Crippen LogP contribution in [0.3, 0.4) is 0 Å². The Morgan fingerprint density at radius 1 is 1.13 bits per heavy atom. The molecule has 0 aliphatic carbocycles. The summed E-state index contributed by atoms with van der Waals surface area (Å²) in [5, 5.41) is 5.38. The fourth-order valence-electron chi connectivity index (χ4n) is 3.23. The predicted molar refractivity (Wildman–Crippen MR) is 104 cm³/mol. The van der Waals surface area contributed by atoms with Crippen LogP contribution in [-0.4, -0.2) is 24.3 Å². The van der Waals surface area contributed by atoms with Crippen molar-refractivity contribution in [3.63, 3.8) is 0 Å². The number of nitrogens with one attached hydrogen (secondary N) is 2. The van der Waals surface area contributed by atoms with E-state index in [0.717, 1.165) is 17.7 Å². The van der Waals surface area contributed by atoms with E-state index in [1.165, 1.54) is 24.0 Å². The van der Waals surface area contributed by atoms with Crippen LogP contribution in [0.1, 0.15) is 24.5 Å². The lowest BCUT2D eigenvalue weighted by Crippen LogP contribution is -2.32. The van der Waals surface area contributed by atoms with E-state index < -0.39 is 23.6 Å². The molecule has 0 bridgehead atoms. The molecule has 1 aliphatic rings. The van der Waals surface area contributed by atoms with Crippen LogP contribution in [0.15, 0.2) is 48.5 Å². The van der Waals surface area contributed by atoms with Gasteiger partial charge in [-0.3, -0.25) is 14.4 Å². The molecule has 2 N–H and O–H groups in total. The first-order chi connectivity index (χ1) is 14.1. The van der Waals surface area contributed by atoms with Crippen LogP contribution in [0.4, 0.5) is 24.5 Å². The van der Waals surface area contributed by atoms with Gasteiger partial charge in [-0.05, 0) is 35.9 Å². The summed E-state index contributed by atoms with van der Waals surface area (Å²) >= 11 is 0. The lowest BCUT2D eigenvalue weighted by molar-refractivity contribution is -0.137. The Hall–Kier alpha value is -3.36. The molecule has 0 aromatic heterocycles. The van der Waals surface area contributed by atoms with Crippen LogP contribution < -0.4 is 15.5 Å². The minimum absolute atomic E-state index is 0.0213. The number of carbonyl (C=O) groups excluding carboxylic acids is 3. The fraction of sp³-hybridized carbons (Fsp3) is 0.286. The van der Waals surface area contributed by atoms with Gasteiger partial charge in [0.2, 0.25) is 17.7 Å². The molecule has 3 amide bonds. The number of rotatable bonds is 5. The fourth-order valence-corrected chi connectivity index (χ4v) is 3.23. The Bertz CT molecular complexity index is 958. The molecule has 2 aromatic carbocycles. The maximum atomic E-state index is 12.9. The molecular formula is C21H20F3N3O3. The first kappa shape index (κ1) is 21.4. The zero-order chi connectivity index (χ0) is 21.9. The molecule has 0 unspecified atom stereocenters. The van der Waals surface area contributed by atoms with Gasteiger partial charge in [-0.1, -0.05) is 18.2 Å². The number of alkyl halides is 3. The van der Waals surface area contributed by atoms with Gasteiger partial charge in [-0.25, -0.2) is 0 Å². The quantitative estimate of drug-likeness (QED) is 0.780. The molecule has 2 aromatic rings. The third kappa shape index (κ3) is 5.16. The first-order valence-corrected chi connectivity index (χ1v) is 9.25. The summed E-state index contributed by atoms with van der Waals surface area (Å²) in [7, 11) is 0. The number of hydrogen-bond donors (Lipinski definition) is 2. The topological polar surface area (TPSA) is 78.5 Å².